The van der Waals surface area contributed by atoms with Gasteiger partial charge in [-0.15, -0.1) is 0 Å². The molecule has 0 aliphatic rings. The van der Waals surface area contributed by atoms with Crippen molar-refractivity contribution in [1.82, 2.24) is 9.97 Å². The van der Waals surface area contributed by atoms with Gasteiger partial charge in [0, 0.05) is 10.6 Å². The maximum Gasteiger partial charge on any atom is 0.156 e. The van der Waals surface area contributed by atoms with Crippen molar-refractivity contribution in [3.05, 3.63) is 54.2 Å². The highest BCUT2D eigenvalue weighted by Crippen LogP contribution is 2.19. The summed E-state index contributed by atoms with van der Waals surface area (Å²) in [4.78, 5) is 9.38. The summed E-state index contributed by atoms with van der Waals surface area (Å²) in [6.07, 6.45) is 1.57. The largest absolute Gasteiger partial charge is 0.399 e. The Morgan fingerprint density at radius 2 is 1.91 bits per heavy atom. The molecule has 1 atom stereocenters. The molecular weight excluding hydrogens is 296 g/mol. The SMILES string of the molecule is C=S(=O)(Nc1cnc2c(C)cccc2n1)c1ccc(N)cc1. The lowest BCUT2D eigenvalue weighted by Gasteiger charge is -2.12. The molecule has 0 spiro atoms. The van der Waals surface area contributed by atoms with Crippen LogP contribution in [0, 0.1) is 6.92 Å². The number of rotatable bonds is 3. The summed E-state index contributed by atoms with van der Waals surface area (Å²) >= 11 is 0. The van der Waals surface area contributed by atoms with Gasteiger partial charge >= 0.3 is 0 Å². The smallest absolute Gasteiger partial charge is 0.156 e. The molecule has 0 amide bonds. The van der Waals surface area contributed by atoms with Gasteiger partial charge in [0.2, 0.25) is 0 Å². The Hall–Kier alpha value is -2.60. The molecule has 2 aromatic carbocycles. The second-order valence-electron chi connectivity index (χ2n) is 5.04. The minimum atomic E-state index is -2.72. The van der Waals surface area contributed by atoms with E-state index in [9.17, 15) is 4.21 Å². The summed E-state index contributed by atoms with van der Waals surface area (Å²) in [6.45, 7) is 1.98. The molecule has 0 radical (unpaired) electrons. The highest BCUT2D eigenvalue weighted by Gasteiger charge is 2.10. The summed E-state index contributed by atoms with van der Waals surface area (Å²) < 4.78 is 15.6. The number of fused-ring (bicyclic) bond motifs is 1. The van der Waals surface area contributed by atoms with Gasteiger partial charge in [0.05, 0.1) is 26.9 Å². The number of para-hydroxylation sites is 1. The number of hydrogen-bond acceptors (Lipinski definition) is 4. The van der Waals surface area contributed by atoms with Crippen molar-refractivity contribution < 1.29 is 4.21 Å². The lowest BCUT2D eigenvalue weighted by Crippen LogP contribution is -2.14. The van der Waals surface area contributed by atoms with E-state index in [1.807, 2.05) is 25.1 Å². The van der Waals surface area contributed by atoms with Crippen molar-refractivity contribution in [3.63, 3.8) is 0 Å². The van der Waals surface area contributed by atoms with Gasteiger partial charge in [-0.25, -0.2) is 9.19 Å². The van der Waals surface area contributed by atoms with Gasteiger partial charge in [-0.05, 0) is 48.7 Å². The fourth-order valence-electron chi connectivity index (χ4n) is 2.15. The van der Waals surface area contributed by atoms with Gasteiger partial charge < -0.3 is 5.73 Å². The van der Waals surface area contributed by atoms with E-state index < -0.39 is 9.71 Å². The number of nitrogens with zero attached hydrogens (tertiary/aromatic N) is 2. The Bertz CT molecular complexity index is 934. The van der Waals surface area contributed by atoms with Crippen LogP contribution in [0.4, 0.5) is 11.5 Å². The maximum atomic E-state index is 12.7. The molecule has 1 heterocycles. The predicted octanol–water partition coefficient (Wildman–Crippen LogP) is 2.62. The van der Waals surface area contributed by atoms with Crippen LogP contribution in [-0.4, -0.2) is 20.0 Å². The van der Waals surface area contributed by atoms with Crippen molar-refractivity contribution in [3.8, 4) is 0 Å². The minimum Gasteiger partial charge on any atom is -0.399 e. The Labute approximate surface area is 129 Å². The van der Waals surface area contributed by atoms with Crippen LogP contribution in [0.3, 0.4) is 0 Å². The normalized spacial score (nSPS) is 13.7. The van der Waals surface area contributed by atoms with Crippen molar-refractivity contribution in [2.24, 2.45) is 0 Å². The molecule has 6 heteroatoms. The quantitative estimate of drug-likeness (QED) is 0.575. The van der Waals surface area contributed by atoms with Crippen LogP contribution < -0.4 is 10.5 Å². The maximum absolute atomic E-state index is 12.7. The van der Waals surface area contributed by atoms with Crippen LogP contribution in [0.1, 0.15) is 5.56 Å². The standard InChI is InChI=1S/C16H16N4OS/c1-11-4-3-5-14-16(11)18-10-15(19-14)20-22(2,21)13-8-6-12(17)7-9-13/h3-10H,2,17H2,1H3,(H,19,20,21). The summed E-state index contributed by atoms with van der Waals surface area (Å²) in [7, 11) is -2.72. The second kappa shape index (κ2) is 5.31. The summed E-state index contributed by atoms with van der Waals surface area (Å²) in [5.41, 5.74) is 8.88. The van der Waals surface area contributed by atoms with Gasteiger partial charge in [0.25, 0.3) is 0 Å². The zero-order valence-electron chi connectivity index (χ0n) is 12.1. The highest BCUT2D eigenvalue weighted by molar-refractivity contribution is 8.01. The highest BCUT2D eigenvalue weighted by atomic mass is 32.2. The summed E-state index contributed by atoms with van der Waals surface area (Å²) in [5.74, 6) is 4.20. The Kier molecular flexibility index (Phi) is 3.46. The number of anilines is 2. The Balaban J connectivity index is 1.97. The fourth-order valence-corrected chi connectivity index (χ4v) is 3.28. The number of hydrogen-bond donors (Lipinski definition) is 2. The lowest BCUT2D eigenvalue weighted by molar-refractivity contribution is 0.684. The summed E-state index contributed by atoms with van der Waals surface area (Å²) in [5, 5.41) is 0. The number of nitrogens with two attached hydrogens (primary N) is 1. The molecule has 0 aliphatic carbocycles. The molecule has 0 saturated carbocycles. The number of aryl methyl sites for hydroxylation is 1. The zero-order valence-corrected chi connectivity index (χ0v) is 12.9. The molecule has 5 nitrogen and oxygen atoms in total. The van der Waals surface area contributed by atoms with E-state index in [1.54, 1.807) is 30.5 Å². The van der Waals surface area contributed by atoms with E-state index in [2.05, 4.69) is 20.6 Å². The first-order chi connectivity index (χ1) is 10.5. The average molecular weight is 312 g/mol. The molecule has 1 aromatic heterocycles. The second-order valence-corrected chi connectivity index (χ2v) is 7.07. The third-order valence-corrected chi connectivity index (χ3v) is 4.88. The Morgan fingerprint density at radius 1 is 1.18 bits per heavy atom. The van der Waals surface area contributed by atoms with Crippen LogP contribution >= 0.6 is 0 Å². The monoisotopic (exact) mass is 312 g/mol. The molecule has 3 rings (SSSR count). The molecule has 0 saturated heterocycles. The van der Waals surface area contributed by atoms with E-state index in [1.165, 1.54) is 0 Å². The van der Waals surface area contributed by atoms with Gasteiger partial charge in [0.15, 0.2) is 5.82 Å². The topological polar surface area (TPSA) is 80.9 Å². The fraction of sp³-hybridized carbons (Fsp3) is 0.0625. The van der Waals surface area contributed by atoms with Gasteiger partial charge in [-0.1, -0.05) is 12.1 Å². The molecule has 3 N–H and O–H groups in total. The van der Waals surface area contributed by atoms with Gasteiger partial charge in [-0.3, -0.25) is 9.71 Å². The first-order valence-corrected chi connectivity index (χ1v) is 8.41. The van der Waals surface area contributed by atoms with Gasteiger partial charge in [-0.2, -0.15) is 0 Å². The molecule has 1 unspecified atom stereocenters. The zero-order chi connectivity index (χ0) is 15.7. The third kappa shape index (κ3) is 2.73. The molecule has 22 heavy (non-hydrogen) atoms. The van der Waals surface area contributed by atoms with Crippen molar-refractivity contribution in [2.45, 2.75) is 11.8 Å². The van der Waals surface area contributed by atoms with E-state index in [4.69, 9.17) is 5.73 Å². The average Bonchev–Trinajstić information content (AvgIpc) is 2.47. The molecule has 0 aliphatic heterocycles. The van der Waals surface area contributed by atoms with Crippen molar-refractivity contribution >= 4 is 38.1 Å². The molecular formula is C16H16N4OS. The van der Waals surface area contributed by atoms with Crippen LogP contribution in [0.2, 0.25) is 0 Å². The van der Waals surface area contributed by atoms with Crippen LogP contribution in [0.5, 0.6) is 0 Å². The van der Waals surface area contributed by atoms with E-state index in [0.29, 0.717) is 16.4 Å². The number of aromatic nitrogens is 2. The number of nitrogens with one attached hydrogen (secondary N) is 1. The third-order valence-electron chi connectivity index (χ3n) is 3.30. The predicted molar refractivity (Wildman–Crippen MR) is 92.3 cm³/mol. The first-order valence-electron chi connectivity index (χ1n) is 6.69. The van der Waals surface area contributed by atoms with E-state index in [0.717, 1.165) is 16.6 Å². The molecule has 3 aromatic rings. The van der Waals surface area contributed by atoms with Crippen molar-refractivity contribution in [1.29, 1.82) is 0 Å². The van der Waals surface area contributed by atoms with Crippen LogP contribution in [0.15, 0.2) is 53.6 Å². The lowest BCUT2D eigenvalue weighted by atomic mass is 10.2. The van der Waals surface area contributed by atoms with Gasteiger partial charge in [0.1, 0.15) is 0 Å². The summed E-state index contributed by atoms with van der Waals surface area (Å²) in [6, 6.07) is 12.5. The first kappa shape index (κ1) is 14.3. The van der Waals surface area contributed by atoms with Crippen molar-refractivity contribution in [2.75, 3.05) is 10.5 Å². The van der Waals surface area contributed by atoms with E-state index in [-0.39, 0.29) is 0 Å². The van der Waals surface area contributed by atoms with Crippen LogP contribution in [0.25, 0.3) is 11.0 Å². The molecule has 0 bridgehead atoms. The van der Waals surface area contributed by atoms with E-state index >= 15 is 0 Å². The number of benzene rings is 2. The minimum absolute atomic E-state index is 0.426. The Morgan fingerprint density at radius 3 is 2.64 bits per heavy atom. The van der Waals surface area contributed by atoms with Crippen LogP contribution in [-0.2, 0) is 9.71 Å². The number of nitrogen functional groups attached to an aromatic ring is 1. The molecule has 0 fully saturated rings. The molecule has 112 valence electrons.